The molecule has 5 nitrogen and oxygen atoms in total. The zero-order valence-corrected chi connectivity index (χ0v) is 17.6. The van der Waals surface area contributed by atoms with Gasteiger partial charge in [-0.2, -0.15) is 0 Å². The van der Waals surface area contributed by atoms with Crippen LogP contribution >= 0.6 is 24.0 Å². The molecule has 0 bridgehead atoms. The van der Waals surface area contributed by atoms with Crippen LogP contribution in [0.3, 0.4) is 0 Å². The minimum atomic E-state index is 0. The Morgan fingerprint density at radius 1 is 1.16 bits per heavy atom. The number of nitrogens with zero attached hydrogens (tertiary/aromatic N) is 2. The highest BCUT2D eigenvalue weighted by molar-refractivity contribution is 14.0. The van der Waals surface area contributed by atoms with Crippen molar-refractivity contribution in [1.29, 1.82) is 0 Å². The molecule has 1 heterocycles. The molecular weight excluding hydrogens is 427 g/mol. The monoisotopic (exact) mass is 454 g/mol. The number of nitrogens with one attached hydrogen (secondary N) is 2. The fourth-order valence-electron chi connectivity index (χ4n) is 2.46. The van der Waals surface area contributed by atoms with Gasteiger partial charge in [0.25, 0.3) is 0 Å². The van der Waals surface area contributed by atoms with Crippen LogP contribution in [0.1, 0.15) is 29.2 Å². The van der Waals surface area contributed by atoms with Gasteiger partial charge in [-0.1, -0.05) is 29.8 Å². The number of guanidine groups is 1. The minimum Gasteiger partial charge on any atom is -0.481 e. The minimum absolute atomic E-state index is 0. The first-order valence-corrected chi connectivity index (χ1v) is 8.20. The number of hydrogen-bond donors (Lipinski definition) is 2. The van der Waals surface area contributed by atoms with Crippen molar-refractivity contribution in [2.45, 2.75) is 33.9 Å². The second kappa shape index (κ2) is 10.9. The zero-order chi connectivity index (χ0) is 17.4. The van der Waals surface area contributed by atoms with Crippen molar-refractivity contribution < 1.29 is 4.74 Å². The highest BCUT2D eigenvalue weighted by atomic mass is 127. The van der Waals surface area contributed by atoms with Crippen LogP contribution in [0.5, 0.6) is 5.88 Å². The first kappa shape index (κ1) is 21.2. The van der Waals surface area contributed by atoms with Crippen LogP contribution in [-0.4, -0.2) is 24.6 Å². The molecule has 0 radical (unpaired) electrons. The topological polar surface area (TPSA) is 58.5 Å². The smallest absolute Gasteiger partial charge is 0.218 e. The van der Waals surface area contributed by atoms with Crippen molar-refractivity contribution in [3.8, 4) is 5.88 Å². The van der Waals surface area contributed by atoms with Gasteiger partial charge < -0.3 is 15.4 Å². The van der Waals surface area contributed by atoms with Crippen molar-refractivity contribution in [3.63, 3.8) is 0 Å². The number of rotatable bonds is 6. The SMILES string of the molecule is CCNC(=NCc1cccnc1OC)NCc1ccc(C)cc1C.I. The van der Waals surface area contributed by atoms with Gasteiger partial charge in [0.2, 0.25) is 5.88 Å². The second-order valence-corrected chi connectivity index (χ2v) is 5.65. The maximum absolute atomic E-state index is 5.27. The van der Waals surface area contributed by atoms with E-state index in [1.165, 1.54) is 16.7 Å². The summed E-state index contributed by atoms with van der Waals surface area (Å²) in [4.78, 5) is 8.83. The summed E-state index contributed by atoms with van der Waals surface area (Å²) in [7, 11) is 1.62. The van der Waals surface area contributed by atoms with Gasteiger partial charge in [-0.25, -0.2) is 9.98 Å². The molecule has 1 aromatic carbocycles. The second-order valence-electron chi connectivity index (χ2n) is 5.65. The molecule has 0 aliphatic carbocycles. The molecule has 0 aliphatic heterocycles. The van der Waals surface area contributed by atoms with Gasteiger partial charge >= 0.3 is 0 Å². The van der Waals surface area contributed by atoms with Gasteiger partial charge in [-0.3, -0.25) is 0 Å². The third kappa shape index (κ3) is 6.53. The van der Waals surface area contributed by atoms with Crippen LogP contribution in [0.15, 0.2) is 41.5 Å². The number of methoxy groups -OCH3 is 1. The standard InChI is InChI=1S/C19H26N4O.HI/c1-5-20-19(22-12-16-9-8-14(2)11-15(16)3)23-13-17-7-6-10-21-18(17)24-4;/h6-11H,5,12-13H2,1-4H3,(H2,20,22,23);1H. The number of pyridine rings is 1. The van der Waals surface area contributed by atoms with Crippen LogP contribution < -0.4 is 15.4 Å². The van der Waals surface area contributed by atoms with Crippen LogP contribution in [0.4, 0.5) is 0 Å². The number of aromatic nitrogens is 1. The number of aliphatic imine (C=N–C) groups is 1. The van der Waals surface area contributed by atoms with E-state index in [9.17, 15) is 0 Å². The van der Waals surface area contributed by atoms with Crippen LogP contribution in [0.25, 0.3) is 0 Å². The number of halogens is 1. The number of benzene rings is 1. The molecule has 0 amide bonds. The van der Waals surface area contributed by atoms with E-state index >= 15 is 0 Å². The molecule has 2 aromatic rings. The third-order valence-electron chi connectivity index (χ3n) is 3.74. The summed E-state index contributed by atoms with van der Waals surface area (Å²) >= 11 is 0. The predicted molar refractivity (Wildman–Crippen MR) is 114 cm³/mol. The predicted octanol–water partition coefficient (Wildman–Crippen LogP) is 3.58. The van der Waals surface area contributed by atoms with Gasteiger partial charge in [0.1, 0.15) is 0 Å². The molecule has 0 unspecified atom stereocenters. The third-order valence-corrected chi connectivity index (χ3v) is 3.74. The summed E-state index contributed by atoms with van der Waals surface area (Å²) in [5.41, 5.74) is 4.79. The molecule has 1 aromatic heterocycles. The van der Waals surface area contributed by atoms with E-state index in [2.05, 4.69) is 59.6 Å². The van der Waals surface area contributed by atoms with Crippen molar-refractivity contribution in [3.05, 3.63) is 58.8 Å². The Hall–Kier alpha value is -1.83. The lowest BCUT2D eigenvalue weighted by atomic mass is 10.1. The molecule has 0 fully saturated rings. The van der Waals surface area contributed by atoms with Crippen LogP contribution in [0.2, 0.25) is 0 Å². The van der Waals surface area contributed by atoms with Crippen molar-refractivity contribution in [2.75, 3.05) is 13.7 Å². The lowest BCUT2D eigenvalue weighted by Crippen LogP contribution is -2.37. The van der Waals surface area contributed by atoms with E-state index in [1.807, 2.05) is 12.1 Å². The van der Waals surface area contributed by atoms with Crippen LogP contribution in [-0.2, 0) is 13.1 Å². The number of hydrogen-bond acceptors (Lipinski definition) is 3. The average molecular weight is 454 g/mol. The Labute approximate surface area is 167 Å². The molecule has 6 heteroatoms. The highest BCUT2D eigenvalue weighted by Gasteiger charge is 2.04. The summed E-state index contributed by atoms with van der Waals surface area (Å²) < 4.78 is 5.27. The van der Waals surface area contributed by atoms with E-state index in [4.69, 9.17) is 4.74 Å². The van der Waals surface area contributed by atoms with E-state index < -0.39 is 0 Å². The lowest BCUT2D eigenvalue weighted by molar-refractivity contribution is 0.392. The van der Waals surface area contributed by atoms with E-state index in [0.29, 0.717) is 12.4 Å². The Morgan fingerprint density at radius 2 is 1.96 bits per heavy atom. The van der Waals surface area contributed by atoms with Gasteiger partial charge in [-0.15, -0.1) is 24.0 Å². The summed E-state index contributed by atoms with van der Waals surface area (Å²) in [6, 6.07) is 10.4. The molecule has 0 aliphatic rings. The Kier molecular flexibility index (Phi) is 9.26. The molecular formula is C19H27IN4O. The fourth-order valence-corrected chi connectivity index (χ4v) is 2.46. The maximum Gasteiger partial charge on any atom is 0.218 e. The number of ether oxygens (including phenoxy) is 1. The molecule has 0 saturated carbocycles. The van der Waals surface area contributed by atoms with Crippen molar-refractivity contribution >= 4 is 29.9 Å². The molecule has 136 valence electrons. The molecule has 2 rings (SSSR count). The average Bonchev–Trinajstić information content (AvgIpc) is 2.59. The zero-order valence-electron chi connectivity index (χ0n) is 15.3. The number of aryl methyl sites for hydroxylation is 2. The van der Waals surface area contributed by atoms with Gasteiger partial charge in [0.15, 0.2) is 5.96 Å². The van der Waals surface area contributed by atoms with Gasteiger partial charge in [-0.05, 0) is 38.0 Å². The first-order valence-electron chi connectivity index (χ1n) is 8.20. The van der Waals surface area contributed by atoms with Gasteiger partial charge in [0.05, 0.1) is 13.7 Å². The van der Waals surface area contributed by atoms with Gasteiger partial charge in [0, 0.05) is 24.8 Å². The molecule has 0 saturated heterocycles. The van der Waals surface area contributed by atoms with Crippen molar-refractivity contribution in [1.82, 2.24) is 15.6 Å². The fraction of sp³-hybridized carbons (Fsp3) is 0.368. The highest BCUT2D eigenvalue weighted by Crippen LogP contribution is 2.14. The van der Waals surface area contributed by atoms with Crippen LogP contribution in [0, 0.1) is 13.8 Å². The van der Waals surface area contributed by atoms with Crippen molar-refractivity contribution in [2.24, 2.45) is 4.99 Å². The Morgan fingerprint density at radius 3 is 2.64 bits per heavy atom. The Bertz CT molecular complexity index is 704. The maximum atomic E-state index is 5.27. The summed E-state index contributed by atoms with van der Waals surface area (Å²) in [5, 5.41) is 6.65. The molecule has 25 heavy (non-hydrogen) atoms. The Balaban J connectivity index is 0.00000312. The lowest BCUT2D eigenvalue weighted by Gasteiger charge is -2.13. The molecule has 2 N–H and O–H groups in total. The largest absolute Gasteiger partial charge is 0.481 e. The van der Waals surface area contributed by atoms with E-state index in [1.54, 1.807) is 13.3 Å². The summed E-state index contributed by atoms with van der Waals surface area (Å²) in [6.45, 7) is 8.36. The molecule has 0 spiro atoms. The van der Waals surface area contributed by atoms with E-state index in [-0.39, 0.29) is 24.0 Å². The quantitative estimate of drug-likeness (QED) is 0.398. The summed E-state index contributed by atoms with van der Waals surface area (Å²) in [6.07, 6.45) is 1.72. The first-order chi connectivity index (χ1) is 11.6. The molecule has 0 atom stereocenters. The normalized spacial score (nSPS) is 10.8. The summed E-state index contributed by atoms with van der Waals surface area (Å²) in [5.74, 6) is 1.40. The van der Waals surface area contributed by atoms with E-state index in [0.717, 1.165) is 24.6 Å².